The molecule has 1 aliphatic carbocycles. The third-order valence-corrected chi connectivity index (χ3v) is 3.20. The van der Waals surface area contributed by atoms with Gasteiger partial charge in [-0.25, -0.2) is 0 Å². The van der Waals surface area contributed by atoms with Crippen molar-refractivity contribution >= 4 is 11.0 Å². The van der Waals surface area contributed by atoms with Gasteiger partial charge in [0.15, 0.2) is 0 Å². The van der Waals surface area contributed by atoms with E-state index in [0.717, 1.165) is 11.0 Å². The summed E-state index contributed by atoms with van der Waals surface area (Å²) < 4.78 is 0. The van der Waals surface area contributed by atoms with Gasteiger partial charge in [-0.2, -0.15) is 15.0 Å². The van der Waals surface area contributed by atoms with Crippen LogP contribution in [-0.4, -0.2) is 15.0 Å². The maximum atomic E-state index is 4.54. The van der Waals surface area contributed by atoms with Crippen molar-refractivity contribution in [3.63, 3.8) is 0 Å². The number of hydrogen-bond donors (Lipinski definition) is 0. The molecule has 0 spiro atoms. The second-order valence-corrected chi connectivity index (χ2v) is 4.30. The van der Waals surface area contributed by atoms with Crippen molar-refractivity contribution in [1.82, 2.24) is 15.0 Å². The molecule has 3 heteroatoms. The van der Waals surface area contributed by atoms with E-state index in [2.05, 4.69) is 10.2 Å². The molecule has 1 aromatic carbocycles. The van der Waals surface area contributed by atoms with Gasteiger partial charge in [0.2, 0.25) is 0 Å². The maximum Gasteiger partial charge on any atom is 0.113 e. The average molecular weight is 201 g/mol. The van der Waals surface area contributed by atoms with E-state index in [4.69, 9.17) is 0 Å². The van der Waals surface area contributed by atoms with Crippen LogP contribution in [0, 0.1) is 0 Å². The number of hydrogen-bond acceptors (Lipinski definition) is 2. The van der Waals surface area contributed by atoms with E-state index in [-0.39, 0.29) is 0 Å². The maximum absolute atomic E-state index is 4.54. The number of nitrogens with zero attached hydrogens (tertiary/aromatic N) is 3. The quantitative estimate of drug-likeness (QED) is 0.710. The first-order valence-electron chi connectivity index (χ1n) is 5.75. The minimum atomic E-state index is 0.533. The van der Waals surface area contributed by atoms with Gasteiger partial charge in [-0.3, -0.25) is 0 Å². The molecule has 0 N–H and O–H groups in total. The summed E-state index contributed by atoms with van der Waals surface area (Å²) in [6.07, 6.45) is 6.49. The first-order chi connectivity index (χ1) is 7.43. The largest absolute Gasteiger partial charge is 0.181 e. The van der Waals surface area contributed by atoms with Gasteiger partial charge < -0.3 is 0 Å². The molecule has 1 saturated carbocycles. The van der Waals surface area contributed by atoms with E-state index >= 15 is 0 Å². The fourth-order valence-electron chi connectivity index (χ4n) is 2.35. The topological polar surface area (TPSA) is 30.7 Å². The first kappa shape index (κ1) is 8.89. The van der Waals surface area contributed by atoms with Gasteiger partial charge in [0.05, 0.1) is 6.04 Å². The molecular weight excluding hydrogens is 186 g/mol. The lowest BCUT2D eigenvalue weighted by atomic mass is 9.96. The Kier molecular flexibility index (Phi) is 2.16. The van der Waals surface area contributed by atoms with Crippen LogP contribution in [0.5, 0.6) is 0 Å². The minimum Gasteiger partial charge on any atom is -0.181 e. The molecule has 1 aliphatic rings. The van der Waals surface area contributed by atoms with Gasteiger partial charge in [-0.15, -0.1) is 0 Å². The normalized spacial score (nSPS) is 18.4. The zero-order valence-electron chi connectivity index (χ0n) is 8.76. The highest BCUT2D eigenvalue weighted by molar-refractivity contribution is 5.72. The lowest BCUT2D eigenvalue weighted by Crippen LogP contribution is -2.15. The molecule has 0 atom stereocenters. The molecule has 78 valence electrons. The number of fused-ring (bicyclic) bond motifs is 1. The summed E-state index contributed by atoms with van der Waals surface area (Å²) in [5.41, 5.74) is 2.03. The van der Waals surface area contributed by atoms with Crippen LogP contribution in [0.4, 0.5) is 0 Å². The molecule has 0 saturated heterocycles. The van der Waals surface area contributed by atoms with Crippen LogP contribution in [0.15, 0.2) is 24.3 Å². The monoisotopic (exact) mass is 201 g/mol. The number of benzene rings is 1. The van der Waals surface area contributed by atoms with Crippen molar-refractivity contribution in [2.75, 3.05) is 0 Å². The molecule has 0 bridgehead atoms. The SMILES string of the molecule is c1ccc2nn(C3CCCCC3)nc2c1. The Balaban J connectivity index is 1.96. The Morgan fingerprint density at radius 2 is 1.53 bits per heavy atom. The third kappa shape index (κ3) is 1.62. The zero-order chi connectivity index (χ0) is 10.1. The second-order valence-electron chi connectivity index (χ2n) is 4.30. The van der Waals surface area contributed by atoms with Gasteiger partial charge >= 0.3 is 0 Å². The minimum absolute atomic E-state index is 0.533. The smallest absolute Gasteiger partial charge is 0.113 e. The fraction of sp³-hybridized carbons (Fsp3) is 0.500. The van der Waals surface area contributed by atoms with Gasteiger partial charge in [0.1, 0.15) is 11.0 Å². The summed E-state index contributed by atoms with van der Waals surface area (Å²) in [4.78, 5) is 1.93. The predicted molar refractivity (Wildman–Crippen MR) is 59.7 cm³/mol. The standard InChI is InChI=1S/C12H15N3/c1-2-6-10(7-3-1)15-13-11-8-4-5-9-12(11)14-15/h4-5,8-10H,1-3,6-7H2. The van der Waals surface area contributed by atoms with E-state index in [0.29, 0.717) is 6.04 Å². The summed E-state index contributed by atoms with van der Waals surface area (Å²) in [6, 6.07) is 8.62. The van der Waals surface area contributed by atoms with Crippen molar-refractivity contribution in [2.24, 2.45) is 0 Å². The molecule has 0 aliphatic heterocycles. The Hall–Kier alpha value is -1.38. The summed E-state index contributed by atoms with van der Waals surface area (Å²) in [5, 5.41) is 9.08. The van der Waals surface area contributed by atoms with Crippen LogP contribution in [0.2, 0.25) is 0 Å². The first-order valence-corrected chi connectivity index (χ1v) is 5.75. The summed E-state index contributed by atoms with van der Waals surface area (Å²) in [7, 11) is 0. The van der Waals surface area contributed by atoms with Crippen LogP contribution >= 0.6 is 0 Å². The molecule has 2 aromatic rings. The Morgan fingerprint density at radius 1 is 0.933 bits per heavy atom. The summed E-state index contributed by atoms with van der Waals surface area (Å²) in [5.74, 6) is 0. The molecule has 3 nitrogen and oxygen atoms in total. The van der Waals surface area contributed by atoms with Crippen LogP contribution in [0.25, 0.3) is 11.0 Å². The lowest BCUT2D eigenvalue weighted by Gasteiger charge is -2.20. The number of rotatable bonds is 1. The Morgan fingerprint density at radius 3 is 2.13 bits per heavy atom. The molecular formula is C12H15N3. The molecule has 1 heterocycles. The summed E-state index contributed by atoms with van der Waals surface area (Å²) >= 11 is 0. The molecule has 1 fully saturated rings. The molecule has 1 aromatic heterocycles. The van der Waals surface area contributed by atoms with Crippen LogP contribution in [0.3, 0.4) is 0 Å². The molecule has 15 heavy (non-hydrogen) atoms. The highest BCUT2D eigenvalue weighted by Crippen LogP contribution is 2.27. The van der Waals surface area contributed by atoms with Gasteiger partial charge in [-0.05, 0) is 25.0 Å². The molecule has 0 amide bonds. The molecule has 0 radical (unpaired) electrons. The highest BCUT2D eigenvalue weighted by Gasteiger charge is 2.17. The molecule has 3 rings (SSSR count). The summed E-state index contributed by atoms with van der Waals surface area (Å²) in [6.45, 7) is 0. The third-order valence-electron chi connectivity index (χ3n) is 3.20. The molecule has 0 unspecified atom stereocenters. The van der Waals surface area contributed by atoms with Gasteiger partial charge in [-0.1, -0.05) is 31.4 Å². The fourth-order valence-corrected chi connectivity index (χ4v) is 2.35. The van der Waals surface area contributed by atoms with Crippen LogP contribution < -0.4 is 0 Å². The highest BCUT2D eigenvalue weighted by atomic mass is 15.5. The van der Waals surface area contributed by atoms with E-state index in [9.17, 15) is 0 Å². The van der Waals surface area contributed by atoms with Crippen molar-refractivity contribution in [3.05, 3.63) is 24.3 Å². The van der Waals surface area contributed by atoms with Crippen LogP contribution in [-0.2, 0) is 0 Å². The lowest BCUT2D eigenvalue weighted by molar-refractivity contribution is 0.304. The van der Waals surface area contributed by atoms with Crippen molar-refractivity contribution in [3.8, 4) is 0 Å². The van der Waals surface area contributed by atoms with Crippen molar-refractivity contribution in [2.45, 2.75) is 38.1 Å². The van der Waals surface area contributed by atoms with Crippen LogP contribution in [0.1, 0.15) is 38.1 Å². The van der Waals surface area contributed by atoms with E-state index in [1.807, 2.05) is 29.1 Å². The van der Waals surface area contributed by atoms with E-state index in [1.54, 1.807) is 0 Å². The Bertz CT molecular complexity index is 422. The Labute approximate surface area is 89.1 Å². The van der Waals surface area contributed by atoms with E-state index in [1.165, 1.54) is 32.1 Å². The van der Waals surface area contributed by atoms with Gasteiger partial charge in [0, 0.05) is 0 Å². The van der Waals surface area contributed by atoms with Crippen molar-refractivity contribution in [1.29, 1.82) is 0 Å². The zero-order valence-corrected chi connectivity index (χ0v) is 8.76. The average Bonchev–Trinajstić information content (AvgIpc) is 2.74. The van der Waals surface area contributed by atoms with Crippen molar-refractivity contribution < 1.29 is 0 Å². The predicted octanol–water partition coefficient (Wildman–Crippen LogP) is 2.94. The van der Waals surface area contributed by atoms with E-state index < -0.39 is 0 Å². The second kappa shape index (κ2) is 3.65. The van der Waals surface area contributed by atoms with Gasteiger partial charge in [0.25, 0.3) is 0 Å². The number of aromatic nitrogens is 3.